The minimum atomic E-state index is -1.07. The fourth-order valence-corrected chi connectivity index (χ4v) is 18.8. The number of hydrogen-bond donors (Lipinski definition) is 4. The van der Waals surface area contributed by atoms with Crippen molar-refractivity contribution < 1.29 is 90.7 Å². The van der Waals surface area contributed by atoms with Crippen LogP contribution < -0.4 is 21.3 Å². The molecule has 4 N–H and O–H groups in total. The summed E-state index contributed by atoms with van der Waals surface area (Å²) in [6.45, 7) is 25.1. The van der Waals surface area contributed by atoms with Gasteiger partial charge in [-0.05, 0) is 140 Å². The third-order valence-corrected chi connectivity index (χ3v) is 26.9. The highest BCUT2D eigenvalue weighted by Gasteiger charge is 2.45. The molecule has 740 valence electrons. The van der Waals surface area contributed by atoms with Crippen molar-refractivity contribution >= 4 is 93.2 Å². The number of thiazole rings is 1. The Hall–Kier alpha value is -11.1. The summed E-state index contributed by atoms with van der Waals surface area (Å²) in [6, 6.07) is 37.5. The molecule has 1 fully saturated rings. The number of benzene rings is 5. The Morgan fingerprint density at radius 3 is 1.89 bits per heavy atom. The Labute approximate surface area is 806 Å². The molecule has 30 nitrogen and oxygen atoms in total. The number of rotatable bonds is 54. The van der Waals surface area contributed by atoms with E-state index >= 15 is 0 Å². The molecule has 136 heavy (non-hydrogen) atoms. The number of methoxy groups -OCH3 is 2. The van der Waals surface area contributed by atoms with Crippen molar-refractivity contribution in [1.29, 1.82) is 0 Å². The minimum absolute atomic E-state index is 0.000930. The highest BCUT2D eigenvalue weighted by atomic mass is 32.1. The molecule has 1 aliphatic heterocycles. The number of esters is 1. The van der Waals surface area contributed by atoms with Crippen molar-refractivity contribution in [3.05, 3.63) is 184 Å². The van der Waals surface area contributed by atoms with Crippen LogP contribution in [0.1, 0.15) is 211 Å². The topological polar surface area (TPSA) is 352 Å². The van der Waals surface area contributed by atoms with Crippen LogP contribution in [0, 0.1) is 35.5 Å². The first-order valence-corrected chi connectivity index (χ1v) is 48.8. The SMILES string of the molecule is CC[C@H](C)[C@@H]([C@@H](CC(=O)N1CCC[C@H]1[C@H](OC)[C@@H](C)C(=O)N[C@@H](Cc1ccccc1)c1nccs1)OC)N(C)C(=O)[C@@H](NC(=O)[C@H](C(C)C)N(C)C(=O)OCc1ccc(CC(=O)[C@H](C)NC(=O)[C@@H](CC(=O)CCOCCOCCCC(=O)[C@H](CCC(=O)OC(C)(C)C)NC(=O)CCn2c(CN(C)N(C)C(=O)OCC3c4ccccc4-c4ccccc43)cc3ccccc32)C(C)C)cc1)C(C)C. The number of aryl methyl sites for hydroxylation is 1. The highest BCUT2D eigenvalue weighted by molar-refractivity contribution is 7.09. The lowest BCUT2D eigenvalue weighted by atomic mass is 9.88. The number of ketones is 3. The van der Waals surface area contributed by atoms with Gasteiger partial charge in [-0.1, -0.05) is 190 Å². The zero-order chi connectivity index (χ0) is 99.2. The number of carbonyl (C=O) groups is 12. The molecule has 0 saturated carbocycles. The number of para-hydroxylation sites is 1. The smallest absolute Gasteiger partial charge is 0.424 e. The van der Waals surface area contributed by atoms with E-state index in [1.807, 2.05) is 143 Å². The van der Waals surface area contributed by atoms with Crippen molar-refractivity contribution in [2.24, 2.45) is 35.5 Å². The average molecular weight is 1900 g/mol. The number of amides is 8. The number of likely N-dealkylation sites (N-methyl/N-ethyl adjacent to an activating group) is 2. The molecule has 5 aromatic carbocycles. The summed E-state index contributed by atoms with van der Waals surface area (Å²) in [4.78, 5) is 176. The molecule has 12 atom stereocenters. The van der Waals surface area contributed by atoms with Crippen LogP contribution >= 0.6 is 11.3 Å². The third kappa shape index (κ3) is 30.7. The van der Waals surface area contributed by atoms with Crippen LogP contribution in [0.2, 0.25) is 0 Å². The van der Waals surface area contributed by atoms with Crippen LogP contribution in [0.5, 0.6) is 0 Å². The van der Waals surface area contributed by atoms with Gasteiger partial charge in [0.15, 0.2) is 11.6 Å². The Morgan fingerprint density at radius 2 is 1.26 bits per heavy atom. The van der Waals surface area contributed by atoms with Gasteiger partial charge in [-0.2, -0.15) is 0 Å². The van der Waals surface area contributed by atoms with Crippen LogP contribution in [-0.2, 0) is 114 Å². The summed E-state index contributed by atoms with van der Waals surface area (Å²) in [5, 5.41) is 18.7. The molecule has 31 heteroatoms. The number of ether oxygens (including phenoxy) is 7. The number of carbonyl (C=O) groups excluding carboxylic acids is 12. The third-order valence-electron chi connectivity index (χ3n) is 26.0. The van der Waals surface area contributed by atoms with Gasteiger partial charge >= 0.3 is 18.2 Å². The van der Waals surface area contributed by atoms with Crippen molar-refractivity contribution in [3.8, 4) is 11.1 Å². The monoisotopic (exact) mass is 1900 g/mol. The second kappa shape index (κ2) is 52.5. The summed E-state index contributed by atoms with van der Waals surface area (Å²) in [6.07, 6.45) is 1.64. The molecule has 1 aliphatic carbocycles. The van der Waals surface area contributed by atoms with Gasteiger partial charge in [0.05, 0.1) is 81.1 Å². The molecule has 2 aliphatic rings. The molecule has 2 aromatic heterocycles. The van der Waals surface area contributed by atoms with E-state index in [1.54, 1.807) is 115 Å². The number of nitrogens with one attached hydrogen (secondary N) is 4. The molecule has 0 bridgehead atoms. The molecule has 1 saturated heterocycles. The van der Waals surface area contributed by atoms with Crippen LogP contribution in [0.25, 0.3) is 22.0 Å². The zero-order valence-electron chi connectivity index (χ0n) is 82.9. The number of Topliss-reactive ketones (excluding diaryl/α,β-unsaturated/α-hetero) is 3. The van der Waals surface area contributed by atoms with Gasteiger partial charge in [0.1, 0.15) is 41.7 Å². The number of likely N-dealkylation sites (tertiary alicyclic amines) is 1. The molecular formula is C105H145N11O19S. The van der Waals surface area contributed by atoms with Gasteiger partial charge in [0.25, 0.3) is 0 Å². The molecule has 8 amide bonds. The first kappa shape index (κ1) is 109. The summed E-state index contributed by atoms with van der Waals surface area (Å²) >= 11 is 1.47. The van der Waals surface area contributed by atoms with Gasteiger partial charge < -0.3 is 68.8 Å². The van der Waals surface area contributed by atoms with Crippen LogP contribution in [-0.4, -0.2) is 241 Å². The fourth-order valence-electron chi connectivity index (χ4n) is 18.1. The first-order chi connectivity index (χ1) is 64.8. The van der Waals surface area contributed by atoms with Crippen molar-refractivity contribution in [1.82, 2.24) is 55.5 Å². The second-order valence-corrected chi connectivity index (χ2v) is 39.0. The van der Waals surface area contributed by atoms with Crippen LogP contribution in [0.3, 0.4) is 0 Å². The van der Waals surface area contributed by atoms with E-state index < -0.39 is 114 Å². The summed E-state index contributed by atoms with van der Waals surface area (Å²) in [7, 11) is 9.65. The van der Waals surface area contributed by atoms with Gasteiger partial charge in [0, 0.05) is 135 Å². The van der Waals surface area contributed by atoms with Crippen LogP contribution in [0.4, 0.5) is 9.59 Å². The van der Waals surface area contributed by atoms with Gasteiger partial charge in [0.2, 0.25) is 35.4 Å². The van der Waals surface area contributed by atoms with Crippen LogP contribution in [0.15, 0.2) is 145 Å². The number of hydrogen-bond acceptors (Lipinski definition) is 22. The van der Waals surface area contributed by atoms with Gasteiger partial charge in [-0.3, -0.25) is 52.8 Å². The Bertz CT molecular complexity index is 5070. The normalized spacial score (nSPS) is 15.6. The van der Waals surface area contributed by atoms with Crippen molar-refractivity contribution in [2.75, 3.05) is 82.0 Å². The average Bonchev–Trinajstić information content (AvgIpc) is 1.52. The maximum absolute atomic E-state index is 15.0. The largest absolute Gasteiger partial charge is 0.460 e. The minimum Gasteiger partial charge on any atom is -0.460 e. The molecule has 0 radical (unpaired) electrons. The summed E-state index contributed by atoms with van der Waals surface area (Å²) in [5.74, 6) is -6.20. The summed E-state index contributed by atoms with van der Waals surface area (Å²) < 4.78 is 43.1. The quantitative estimate of drug-likeness (QED) is 0.0119. The Balaban J connectivity index is 0.673. The Kier molecular flexibility index (Phi) is 41.9. The lowest BCUT2D eigenvalue weighted by Crippen LogP contribution is -2.60. The maximum Gasteiger partial charge on any atom is 0.424 e. The molecule has 0 unspecified atom stereocenters. The van der Waals surface area contributed by atoms with E-state index in [4.69, 9.17) is 33.2 Å². The number of nitrogens with zero attached hydrogens (tertiary/aromatic N) is 7. The lowest BCUT2D eigenvalue weighted by Gasteiger charge is -2.41. The predicted octanol–water partition coefficient (Wildman–Crippen LogP) is 14.4. The maximum atomic E-state index is 15.0. The lowest BCUT2D eigenvalue weighted by molar-refractivity contribution is -0.155. The molecular weight excluding hydrogens is 1750 g/mol. The molecule has 7 aromatic rings. The Morgan fingerprint density at radius 1 is 0.618 bits per heavy atom. The number of aromatic nitrogens is 2. The molecule has 9 rings (SSSR count). The predicted molar refractivity (Wildman–Crippen MR) is 522 cm³/mol. The van der Waals surface area contributed by atoms with Gasteiger partial charge in [-0.25, -0.2) is 24.6 Å². The van der Waals surface area contributed by atoms with E-state index in [0.717, 1.165) is 49.4 Å². The summed E-state index contributed by atoms with van der Waals surface area (Å²) in [5.41, 5.74) is 7.74. The number of fused-ring (bicyclic) bond motifs is 4. The van der Waals surface area contributed by atoms with E-state index in [9.17, 15) is 57.5 Å². The van der Waals surface area contributed by atoms with Gasteiger partial charge in [-0.15, -0.1) is 11.3 Å². The van der Waals surface area contributed by atoms with Crippen molar-refractivity contribution in [2.45, 2.75) is 259 Å². The fraction of sp³-hybridized carbons (Fsp3) is 0.552. The van der Waals surface area contributed by atoms with E-state index in [-0.39, 0.29) is 156 Å². The zero-order valence-corrected chi connectivity index (χ0v) is 83.8. The van der Waals surface area contributed by atoms with E-state index in [1.165, 1.54) is 35.4 Å². The standard InChI is InChI=1S/C105H145N11O19S/c1-20-69(8)96(90(129-18)62-92(121)116-51-30-40-87(116)97(130-19)70(9)98(123)109-85(101-106-50-57-136-101)58-72-32-22-21-23-33-72)112(15)102(126)94(67(4)5)110-100(125)95(68(6)7)113(16)103(127)133-64-74-44-42-73(43-45-74)59-89(119)71(10)107-99(124)82(66(2)3)61-77(117)49-54-132-56-55-131-53-31-41-88(118)84(46-47-93(122)135-105(11,12)13)108-91(120)48-52-115-76(60-75-34-24-29-39-86(75)115)63-111(14)114(17)104(128)134-65-83-80-37-27-25-35-78(80)79-36-26-28-38-81(79)83/h21-29,32-39,42-45,50,57,60,66-71,82-85,87,90,94-97H,20,30-31,40-41,46-49,51-56,58-59,61-65H2,1-19H3,(H,107,124)(H,108,120)(H,109,123)(H,110,125)/t69-,70+,71-,82-,84-,85-,87-,90+,94-,95-,96-,97+/m0/s1. The first-order valence-electron chi connectivity index (χ1n) is 47.9. The van der Waals surface area contributed by atoms with Crippen molar-refractivity contribution in [3.63, 3.8) is 0 Å². The van der Waals surface area contributed by atoms with E-state index in [2.05, 4.69) is 50.5 Å². The highest BCUT2D eigenvalue weighted by Crippen LogP contribution is 2.45. The second-order valence-electron chi connectivity index (χ2n) is 38.1. The molecule has 3 heterocycles. The molecule has 0 spiro atoms. The van der Waals surface area contributed by atoms with E-state index in [0.29, 0.717) is 56.3 Å². The number of hydrazine groups is 1.